The van der Waals surface area contributed by atoms with E-state index in [9.17, 15) is 19.2 Å². The molecule has 0 amide bonds. The van der Waals surface area contributed by atoms with Gasteiger partial charge in [-0.15, -0.1) is 0 Å². The summed E-state index contributed by atoms with van der Waals surface area (Å²) in [6.07, 6.45) is 12.9. The van der Waals surface area contributed by atoms with E-state index in [-0.39, 0.29) is 37.9 Å². The number of rotatable bonds is 15. The third-order valence-electron chi connectivity index (χ3n) is 8.65. The standard InChI is InChI=1S/C34H48O8/c1-4-6-25-7-11-27(12-8-25)28-13-15-29(16-14-28)34(38)42-30-17-9-26(10-18-30)21-22-39-32(36)19-20-33(37)41-24(3)23-40-31(35)5-2/h5,9-10,17-18,24-25,27-29H,2,4,6-8,11-16,19-23H2,1,3H3. The zero-order chi connectivity index (χ0) is 30.3. The van der Waals surface area contributed by atoms with Crippen molar-refractivity contribution >= 4 is 23.9 Å². The summed E-state index contributed by atoms with van der Waals surface area (Å²) in [5, 5.41) is 0. The summed E-state index contributed by atoms with van der Waals surface area (Å²) in [6.45, 7) is 7.25. The van der Waals surface area contributed by atoms with E-state index in [0.29, 0.717) is 12.2 Å². The van der Waals surface area contributed by atoms with Crippen molar-refractivity contribution in [3.63, 3.8) is 0 Å². The lowest BCUT2D eigenvalue weighted by molar-refractivity contribution is -0.157. The van der Waals surface area contributed by atoms with Crippen molar-refractivity contribution in [3.05, 3.63) is 42.5 Å². The van der Waals surface area contributed by atoms with E-state index in [1.807, 2.05) is 12.1 Å². The summed E-state index contributed by atoms with van der Waals surface area (Å²) < 4.78 is 20.8. The number of hydrogen-bond donors (Lipinski definition) is 0. The Morgan fingerprint density at radius 3 is 2.12 bits per heavy atom. The highest BCUT2D eigenvalue weighted by atomic mass is 16.6. The second-order valence-electron chi connectivity index (χ2n) is 11.9. The summed E-state index contributed by atoms with van der Waals surface area (Å²) in [7, 11) is 0. The lowest BCUT2D eigenvalue weighted by Gasteiger charge is -2.37. The largest absolute Gasteiger partial charge is 0.465 e. The average molecular weight is 585 g/mol. The van der Waals surface area contributed by atoms with Crippen molar-refractivity contribution in [3.8, 4) is 5.75 Å². The predicted molar refractivity (Wildman–Crippen MR) is 158 cm³/mol. The molecular formula is C34H48O8. The van der Waals surface area contributed by atoms with Crippen LogP contribution in [0.1, 0.15) is 96.5 Å². The minimum absolute atomic E-state index is 0.0212. The Morgan fingerprint density at radius 2 is 1.50 bits per heavy atom. The first-order valence-corrected chi connectivity index (χ1v) is 15.7. The quantitative estimate of drug-likeness (QED) is 0.0992. The molecule has 0 aliphatic heterocycles. The summed E-state index contributed by atoms with van der Waals surface area (Å²) in [4.78, 5) is 47.7. The molecule has 0 saturated heterocycles. The molecule has 8 heteroatoms. The van der Waals surface area contributed by atoms with Gasteiger partial charge in [0, 0.05) is 12.5 Å². The van der Waals surface area contributed by atoms with Gasteiger partial charge in [0.1, 0.15) is 18.5 Å². The fraction of sp³-hybridized carbons (Fsp3) is 0.647. The molecule has 2 fully saturated rings. The number of esters is 4. The van der Waals surface area contributed by atoms with Crippen LogP contribution in [0.15, 0.2) is 36.9 Å². The average Bonchev–Trinajstić information content (AvgIpc) is 3.00. The smallest absolute Gasteiger partial charge is 0.330 e. The van der Waals surface area contributed by atoms with Gasteiger partial charge in [-0.05, 0) is 80.9 Å². The topological polar surface area (TPSA) is 105 Å². The van der Waals surface area contributed by atoms with Gasteiger partial charge in [0.15, 0.2) is 0 Å². The van der Waals surface area contributed by atoms with E-state index in [1.54, 1.807) is 19.1 Å². The van der Waals surface area contributed by atoms with Crippen molar-refractivity contribution in [1.29, 1.82) is 0 Å². The van der Waals surface area contributed by atoms with E-state index in [2.05, 4.69) is 13.5 Å². The Hall–Kier alpha value is -3.16. The molecule has 0 N–H and O–H groups in total. The number of carbonyl (C=O) groups is 4. The molecule has 2 aliphatic rings. The van der Waals surface area contributed by atoms with E-state index < -0.39 is 24.0 Å². The van der Waals surface area contributed by atoms with Gasteiger partial charge >= 0.3 is 23.9 Å². The molecule has 232 valence electrons. The fourth-order valence-corrected chi connectivity index (χ4v) is 6.24. The van der Waals surface area contributed by atoms with Crippen LogP contribution in [0.4, 0.5) is 0 Å². The van der Waals surface area contributed by atoms with Crippen molar-refractivity contribution in [1.82, 2.24) is 0 Å². The van der Waals surface area contributed by atoms with Gasteiger partial charge in [0.05, 0.1) is 25.4 Å². The molecule has 0 aromatic heterocycles. The third-order valence-corrected chi connectivity index (χ3v) is 8.65. The van der Waals surface area contributed by atoms with Crippen molar-refractivity contribution in [2.24, 2.45) is 23.7 Å². The van der Waals surface area contributed by atoms with E-state index in [4.69, 9.17) is 18.9 Å². The minimum Gasteiger partial charge on any atom is -0.465 e. The van der Waals surface area contributed by atoms with Crippen LogP contribution in [0.5, 0.6) is 5.75 Å². The maximum Gasteiger partial charge on any atom is 0.330 e. The molecule has 2 saturated carbocycles. The lowest BCUT2D eigenvalue weighted by atomic mass is 9.69. The molecule has 1 atom stereocenters. The molecule has 1 unspecified atom stereocenters. The van der Waals surface area contributed by atoms with Crippen molar-refractivity contribution in [2.45, 2.75) is 103 Å². The van der Waals surface area contributed by atoms with Gasteiger partial charge in [-0.1, -0.05) is 51.3 Å². The van der Waals surface area contributed by atoms with Crippen molar-refractivity contribution in [2.75, 3.05) is 13.2 Å². The monoisotopic (exact) mass is 584 g/mol. The highest BCUT2D eigenvalue weighted by molar-refractivity contribution is 5.81. The first-order chi connectivity index (χ1) is 20.3. The van der Waals surface area contributed by atoms with Gasteiger partial charge < -0.3 is 18.9 Å². The SMILES string of the molecule is C=CC(=O)OCC(C)OC(=O)CCC(=O)OCCc1ccc(OC(=O)C2CCC(C3CCC(CCC)CC3)CC2)cc1. The molecule has 0 radical (unpaired) electrons. The lowest BCUT2D eigenvalue weighted by Crippen LogP contribution is -2.30. The fourth-order valence-electron chi connectivity index (χ4n) is 6.24. The van der Waals surface area contributed by atoms with Crippen LogP contribution in [-0.2, 0) is 39.8 Å². The van der Waals surface area contributed by atoms with Gasteiger partial charge in [0.2, 0.25) is 0 Å². The molecule has 8 nitrogen and oxygen atoms in total. The molecule has 0 bridgehead atoms. The molecule has 2 aliphatic carbocycles. The van der Waals surface area contributed by atoms with Gasteiger partial charge in [-0.2, -0.15) is 0 Å². The summed E-state index contributed by atoms with van der Waals surface area (Å²) in [6, 6.07) is 7.28. The Bertz CT molecular complexity index is 1020. The molecule has 3 rings (SSSR count). The zero-order valence-corrected chi connectivity index (χ0v) is 25.4. The van der Waals surface area contributed by atoms with Crippen LogP contribution in [0.3, 0.4) is 0 Å². The Balaban J connectivity index is 1.28. The number of hydrogen-bond acceptors (Lipinski definition) is 8. The normalized spacial score (nSPS) is 22.8. The minimum atomic E-state index is -0.625. The van der Waals surface area contributed by atoms with Crippen LogP contribution in [0.25, 0.3) is 0 Å². The summed E-state index contributed by atoms with van der Waals surface area (Å²) in [5.74, 6) is 1.25. The molecule has 42 heavy (non-hydrogen) atoms. The number of carbonyl (C=O) groups excluding carboxylic acids is 4. The first-order valence-electron chi connectivity index (χ1n) is 15.7. The van der Waals surface area contributed by atoms with Crippen LogP contribution in [-0.4, -0.2) is 43.2 Å². The maximum atomic E-state index is 12.8. The first kappa shape index (κ1) is 33.3. The van der Waals surface area contributed by atoms with Crippen LogP contribution in [0, 0.1) is 23.7 Å². The second-order valence-corrected chi connectivity index (χ2v) is 11.9. The molecule has 1 aromatic carbocycles. The van der Waals surface area contributed by atoms with Crippen LogP contribution < -0.4 is 4.74 Å². The summed E-state index contributed by atoms with van der Waals surface area (Å²) in [5.41, 5.74) is 0.944. The molecule has 0 spiro atoms. The van der Waals surface area contributed by atoms with Crippen molar-refractivity contribution < 1.29 is 38.1 Å². The second kappa shape index (κ2) is 17.7. The third kappa shape index (κ3) is 11.6. The van der Waals surface area contributed by atoms with Gasteiger partial charge in [0.25, 0.3) is 0 Å². The summed E-state index contributed by atoms with van der Waals surface area (Å²) >= 11 is 0. The Kier molecular flexibility index (Phi) is 14.1. The molecule has 0 heterocycles. The number of ether oxygens (including phenoxy) is 4. The van der Waals surface area contributed by atoms with E-state index in [1.165, 1.54) is 38.5 Å². The van der Waals surface area contributed by atoms with Crippen LogP contribution >= 0.6 is 0 Å². The zero-order valence-electron chi connectivity index (χ0n) is 25.4. The highest BCUT2D eigenvalue weighted by Gasteiger charge is 2.33. The maximum absolute atomic E-state index is 12.8. The Labute approximate surface area is 250 Å². The van der Waals surface area contributed by atoms with E-state index in [0.717, 1.165) is 55.1 Å². The predicted octanol–water partition coefficient (Wildman–Crippen LogP) is 6.53. The van der Waals surface area contributed by atoms with Gasteiger partial charge in [-0.3, -0.25) is 14.4 Å². The van der Waals surface area contributed by atoms with Gasteiger partial charge in [-0.25, -0.2) is 4.79 Å². The van der Waals surface area contributed by atoms with Crippen LogP contribution in [0.2, 0.25) is 0 Å². The molecule has 1 aromatic rings. The number of benzene rings is 1. The highest BCUT2D eigenvalue weighted by Crippen LogP contribution is 2.42. The van der Waals surface area contributed by atoms with E-state index >= 15 is 0 Å². The Morgan fingerprint density at radius 1 is 0.881 bits per heavy atom. The molecular weight excluding hydrogens is 536 g/mol.